The lowest BCUT2D eigenvalue weighted by molar-refractivity contribution is -0.136. The van der Waals surface area contributed by atoms with E-state index in [1.807, 2.05) is 14.1 Å². The van der Waals surface area contributed by atoms with Crippen LogP contribution in [0, 0.1) is 0 Å². The van der Waals surface area contributed by atoms with Crippen molar-refractivity contribution >= 4 is 5.91 Å². The fraction of sp³-hybridized carbons (Fsp3) is 0.909. The summed E-state index contributed by atoms with van der Waals surface area (Å²) in [7, 11) is 3.65. The molecule has 4 nitrogen and oxygen atoms in total. The van der Waals surface area contributed by atoms with Crippen molar-refractivity contribution in [2.45, 2.75) is 32.4 Å². The number of likely N-dealkylation sites (N-methyl/N-ethyl adjacent to an activating group) is 1. The Morgan fingerprint density at radius 1 is 1.60 bits per heavy atom. The second-order valence-corrected chi connectivity index (χ2v) is 4.45. The van der Waals surface area contributed by atoms with Crippen LogP contribution < -0.4 is 5.32 Å². The summed E-state index contributed by atoms with van der Waals surface area (Å²) in [6.07, 6.45) is 1.09. The van der Waals surface area contributed by atoms with Crippen molar-refractivity contribution in [3.63, 3.8) is 0 Å². The van der Waals surface area contributed by atoms with Gasteiger partial charge in [0.25, 0.3) is 0 Å². The van der Waals surface area contributed by atoms with Crippen molar-refractivity contribution in [2.24, 2.45) is 0 Å². The Bertz CT molecular complexity index is 218. The third-order valence-corrected chi connectivity index (χ3v) is 3.17. The average molecular weight is 213 g/mol. The lowest BCUT2D eigenvalue weighted by atomic mass is 10.1. The lowest BCUT2D eigenvalue weighted by Gasteiger charge is -2.39. The maximum Gasteiger partial charge on any atom is 0.240 e. The van der Waals surface area contributed by atoms with Crippen molar-refractivity contribution in [2.75, 3.05) is 33.7 Å². The van der Waals surface area contributed by atoms with Gasteiger partial charge >= 0.3 is 0 Å². The fourth-order valence-electron chi connectivity index (χ4n) is 2.01. The molecule has 0 aliphatic carbocycles. The molecule has 1 amide bonds. The van der Waals surface area contributed by atoms with Crippen LogP contribution in [0.2, 0.25) is 0 Å². The maximum atomic E-state index is 12.0. The van der Waals surface area contributed by atoms with Crippen LogP contribution >= 0.6 is 0 Å². The summed E-state index contributed by atoms with van der Waals surface area (Å²) in [5.41, 5.74) is 0. The first-order chi connectivity index (χ1) is 7.07. The molecule has 1 aliphatic rings. The van der Waals surface area contributed by atoms with Crippen LogP contribution in [0.3, 0.4) is 0 Å². The first kappa shape index (κ1) is 12.5. The lowest BCUT2D eigenvalue weighted by Crippen LogP contribution is -2.59. The van der Waals surface area contributed by atoms with Gasteiger partial charge in [-0.25, -0.2) is 0 Å². The zero-order valence-electron chi connectivity index (χ0n) is 10.3. The Morgan fingerprint density at radius 3 is 2.80 bits per heavy atom. The SMILES string of the molecule is CCC(C)N1CCNCC1C(=O)N(C)C. The van der Waals surface area contributed by atoms with E-state index in [1.54, 1.807) is 4.90 Å². The van der Waals surface area contributed by atoms with Crippen LogP contribution in [0.15, 0.2) is 0 Å². The number of nitrogens with zero attached hydrogens (tertiary/aromatic N) is 2. The van der Waals surface area contributed by atoms with Gasteiger partial charge in [-0.2, -0.15) is 0 Å². The highest BCUT2D eigenvalue weighted by Crippen LogP contribution is 2.12. The molecule has 88 valence electrons. The molecule has 0 spiro atoms. The Labute approximate surface area is 92.6 Å². The van der Waals surface area contributed by atoms with E-state index in [9.17, 15) is 4.79 Å². The molecule has 2 atom stereocenters. The molecule has 0 bridgehead atoms. The van der Waals surface area contributed by atoms with Crippen LogP contribution in [-0.2, 0) is 4.79 Å². The molecule has 1 heterocycles. The van der Waals surface area contributed by atoms with Gasteiger partial charge in [-0.05, 0) is 13.3 Å². The summed E-state index contributed by atoms with van der Waals surface area (Å²) in [6, 6.07) is 0.504. The van der Waals surface area contributed by atoms with E-state index < -0.39 is 0 Å². The molecule has 2 unspecified atom stereocenters. The van der Waals surface area contributed by atoms with Crippen molar-refractivity contribution in [1.82, 2.24) is 15.1 Å². The number of amides is 1. The van der Waals surface area contributed by atoms with Crippen molar-refractivity contribution in [3.8, 4) is 0 Å². The van der Waals surface area contributed by atoms with Gasteiger partial charge in [-0.1, -0.05) is 6.92 Å². The Kier molecular flexibility index (Phi) is 4.54. The molecule has 0 aromatic heterocycles. The van der Waals surface area contributed by atoms with Gasteiger partial charge in [-0.15, -0.1) is 0 Å². The van der Waals surface area contributed by atoms with Gasteiger partial charge < -0.3 is 10.2 Å². The molecule has 0 saturated carbocycles. The number of carbonyl (C=O) groups excluding carboxylic acids is 1. The predicted octanol–water partition coefficient (Wildman–Crippen LogP) is 0.147. The van der Waals surface area contributed by atoms with Gasteiger partial charge in [0.1, 0.15) is 6.04 Å². The summed E-state index contributed by atoms with van der Waals surface area (Å²) < 4.78 is 0. The number of piperazine rings is 1. The molecule has 0 aromatic carbocycles. The van der Waals surface area contributed by atoms with E-state index in [0.717, 1.165) is 26.1 Å². The van der Waals surface area contributed by atoms with E-state index in [2.05, 4.69) is 24.1 Å². The van der Waals surface area contributed by atoms with Crippen molar-refractivity contribution in [3.05, 3.63) is 0 Å². The molecular formula is C11H23N3O. The fourth-order valence-corrected chi connectivity index (χ4v) is 2.01. The molecule has 15 heavy (non-hydrogen) atoms. The molecular weight excluding hydrogens is 190 g/mol. The van der Waals surface area contributed by atoms with Gasteiger partial charge in [0, 0.05) is 39.8 Å². The van der Waals surface area contributed by atoms with Crippen LogP contribution in [0.5, 0.6) is 0 Å². The zero-order valence-corrected chi connectivity index (χ0v) is 10.3. The minimum atomic E-state index is 0.0173. The molecule has 1 rings (SSSR count). The van der Waals surface area contributed by atoms with E-state index in [4.69, 9.17) is 0 Å². The summed E-state index contributed by atoms with van der Waals surface area (Å²) in [4.78, 5) is 16.0. The maximum absolute atomic E-state index is 12.0. The minimum absolute atomic E-state index is 0.0173. The molecule has 0 aromatic rings. The van der Waals surface area contributed by atoms with E-state index in [1.165, 1.54) is 0 Å². The molecule has 1 fully saturated rings. The third-order valence-electron chi connectivity index (χ3n) is 3.17. The number of hydrogen-bond acceptors (Lipinski definition) is 3. The van der Waals surface area contributed by atoms with Gasteiger partial charge in [0.2, 0.25) is 5.91 Å². The Hall–Kier alpha value is -0.610. The van der Waals surface area contributed by atoms with Gasteiger partial charge in [-0.3, -0.25) is 9.69 Å². The summed E-state index contributed by atoms with van der Waals surface area (Å²) in [5, 5.41) is 3.29. The molecule has 1 aliphatic heterocycles. The summed E-state index contributed by atoms with van der Waals surface area (Å²) in [6.45, 7) is 7.10. The number of nitrogens with one attached hydrogen (secondary N) is 1. The first-order valence-corrected chi connectivity index (χ1v) is 5.75. The minimum Gasteiger partial charge on any atom is -0.347 e. The second kappa shape index (κ2) is 5.47. The van der Waals surface area contributed by atoms with Gasteiger partial charge in [0.15, 0.2) is 0 Å². The third kappa shape index (κ3) is 2.92. The number of rotatable bonds is 3. The summed E-state index contributed by atoms with van der Waals surface area (Å²) >= 11 is 0. The van der Waals surface area contributed by atoms with E-state index >= 15 is 0 Å². The second-order valence-electron chi connectivity index (χ2n) is 4.45. The topological polar surface area (TPSA) is 35.6 Å². The van der Waals surface area contributed by atoms with Crippen LogP contribution in [-0.4, -0.2) is 61.5 Å². The molecule has 0 radical (unpaired) electrons. The van der Waals surface area contributed by atoms with Gasteiger partial charge in [0.05, 0.1) is 0 Å². The molecule has 4 heteroatoms. The predicted molar refractivity (Wildman–Crippen MR) is 61.8 cm³/mol. The normalized spacial score (nSPS) is 24.9. The number of carbonyl (C=O) groups is 1. The van der Waals surface area contributed by atoms with Crippen LogP contribution in [0.4, 0.5) is 0 Å². The standard InChI is InChI=1S/C11H23N3O/c1-5-9(2)14-7-6-12-8-10(14)11(15)13(3)4/h9-10,12H,5-8H2,1-4H3. The molecule has 1 N–H and O–H groups in total. The average Bonchev–Trinajstić information content (AvgIpc) is 2.27. The largest absolute Gasteiger partial charge is 0.347 e. The van der Waals surface area contributed by atoms with E-state index in [-0.39, 0.29) is 11.9 Å². The quantitative estimate of drug-likeness (QED) is 0.725. The first-order valence-electron chi connectivity index (χ1n) is 5.75. The van der Waals surface area contributed by atoms with Crippen LogP contribution in [0.1, 0.15) is 20.3 Å². The Balaban J connectivity index is 2.69. The highest BCUT2D eigenvalue weighted by Gasteiger charge is 2.31. The smallest absolute Gasteiger partial charge is 0.240 e. The molecule has 1 saturated heterocycles. The highest BCUT2D eigenvalue weighted by molar-refractivity contribution is 5.81. The Morgan fingerprint density at radius 2 is 2.27 bits per heavy atom. The summed E-state index contributed by atoms with van der Waals surface area (Å²) in [5.74, 6) is 0.211. The highest BCUT2D eigenvalue weighted by atomic mass is 16.2. The number of hydrogen-bond donors (Lipinski definition) is 1. The zero-order chi connectivity index (χ0) is 11.4. The monoisotopic (exact) mass is 213 g/mol. The van der Waals surface area contributed by atoms with E-state index in [0.29, 0.717) is 6.04 Å². The van der Waals surface area contributed by atoms with Crippen LogP contribution in [0.25, 0.3) is 0 Å². The van der Waals surface area contributed by atoms with Crippen molar-refractivity contribution < 1.29 is 4.79 Å². The van der Waals surface area contributed by atoms with Crippen molar-refractivity contribution in [1.29, 1.82) is 0 Å².